The Hall–Kier alpha value is -6.37. The molecule has 1 unspecified atom stereocenters. The van der Waals surface area contributed by atoms with Gasteiger partial charge in [-0.05, 0) is 107 Å². The molecule has 59 heavy (non-hydrogen) atoms. The van der Waals surface area contributed by atoms with Gasteiger partial charge in [0.15, 0.2) is 0 Å². The molecular weight excluding hydrogens is 766 g/mol. The molecule has 0 spiro atoms. The first-order valence-electron chi connectivity index (χ1n) is 19.4. The number of aliphatic hydroxyl groups is 1. The monoisotopic (exact) mass is 811 g/mol. The summed E-state index contributed by atoms with van der Waals surface area (Å²) in [5, 5.41) is 38.0. The van der Waals surface area contributed by atoms with Crippen molar-refractivity contribution in [3.05, 3.63) is 135 Å². The zero-order valence-corrected chi connectivity index (χ0v) is 33.7. The molecule has 2 amide bonds. The van der Waals surface area contributed by atoms with E-state index in [4.69, 9.17) is 32.6 Å². The Morgan fingerprint density at radius 3 is 2.53 bits per heavy atom. The molecule has 5 aromatic rings. The van der Waals surface area contributed by atoms with E-state index < -0.39 is 12.1 Å². The maximum Gasteiger partial charge on any atom is 0.316 e. The summed E-state index contributed by atoms with van der Waals surface area (Å²) in [5.74, 6) is 2.31. The normalized spacial score (nSPS) is 13.6. The second-order valence-corrected chi connectivity index (χ2v) is 14.9. The van der Waals surface area contributed by atoms with Crippen molar-refractivity contribution in [2.75, 3.05) is 13.1 Å². The number of carbonyl (C=O) groups is 2. The number of terminal acetylenes is 1. The zero-order valence-electron chi connectivity index (χ0n) is 33.0. The number of aromatic nitrogens is 1. The number of pyridine rings is 1. The summed E-state index contributed by atoms with van der Waals surface area (Å²) in [5.41, 5.74) is 11.6. The highest BCUT2D eigenvalue weighted by Gasteiger charge is 2.23. The van der Waals surface area contributed by atoms with Crippen LogP contribution in [0.1, 0.15) is 69.8 Å². The predicted octanol–water partition coefficient (Wildman–Crippen LogP) is 7.95. The second-order valence-electron chi connectivity index (χ2n) is 14.5. The fourth-order valence-corrected chi connectivity index (χ4v) is 7.60. The van der Waals surface area contributed by atoms with Gasteiger partial charge >= 0.3 is 12.0 Å². The number of urea groups is 1. The van der Waals surface area contributed by atoms with E-state index in [1.54, 1.807) is 24.4 Å². The lowest BCUT2D eigenvalue weighted by atomic mass is 9.87. The Balaban J connectivity index is 1.21. The Bertz CT molecular complexity index is 2420. The van der Waals surface area contributed by atoms with Crippen LogP contribution in [0.5, 0.6) is 11.5 Å². The molecule has 11 nitrogen and oxygen atoms in total. The highest BCUT2D eigenvalue weighted by atomic mass is 35.5. The minimum Gasteiger partial charge on any atom is -0.488 e. The number of rotatable bonds is 16. The van der Waals surface area contributed by atoms with Gasteiger partial charge in [-0.15, -0.1) is 6.42 Å². The average Bonchev–Trinajstić information content (AvgIpc) is 3.22. The molecule has 1 aromatic heterocycles. The highest BCUT2D eigenvalue weighted by Crippen LogP contribution is 2.38. The molecule has 1 aliphatic heterocycles. The first kappa shape index (κ1) is 42.2. The SMILES string of the molecule is C#CCNC(=O)NC1CNCc2cc(-c3cccc(-c4cccc(COc5cc(OCc6cncc(C#N)c6)c(CCC[C@@H](O)CC(=O)O)cc5Cl)c4C)c3C)ccc21. The number of nitrogens with one attached hydrogen (secondary N) is 3. The van der Waals surface area contributed by atoms with E-state index in [0.717, 1.165) is 55.6 Å². The largest absolute Gasteiger partial charge is 0.488 e. The quantitative estimate of drug-likeness (QED) is 0.0622. The number of carbonyl (C=O) groups excluding carboxylic acids is 1. The van der Waals surface area contributed by atoms with Crippen LogP contribution in [-0.4, -0.2) is 46.4 Å². The van der Waals surface area contributed by atoms with Gasteiger partial charge in [-0.25, -0.2) is 4.79 Å². The van der Waals surface area contributed by atoms with Gasteiger partial charge in [0.2, 0.25) is 0 Å². The van der Waals surface area contributed by atoms with Crippen molar-refractivity contribution in [1.29, 1.82) is 5.26 Å². The number of amides is 2. The topological polar surface area (TPSA) is 166 Å². The van der Waals surface area contributed by atoms with E-state index in [1.165, 1.54) is 6.20 Å². The number of nitriles is 1. The predicted molar refractivity (Wildman–Crippen MR) is 227 cm³/mol. The molecule has 2 atom stereocenters. The molecule has 0 saturated carbocycles. The number of halogens is 1. The summed E-state index contributed by atoms with van der Waals surface area (Å²) >= 11 is 6.81. The van der Waals surface area contributed by atoms with Crippen LogP contribution in [0.4, 0.5) is 4.79 Å². The first-order valence-corrected chi connectivity index (χ1v) is 19.7. The lowest BCUT2D eigenvalue weighted by Gasteiger charge is -2.28. The van der Waals surface area contributed by atoms with Crippen molar-refractivity contribution in [3.8, 4) is 52.2 Å². The zero-order chi connectivity index (χ0) is 41.9. The molecule has 0 radical (unpaired) electrons. The number of nitrogens with zero attached hydrogens (tertiary/aromatic N) is 2. The molecule has 12 heteroatoms. The van der Waals surface area contributed by atoms with Crippen LogP contribution in [0.15, 0.2) is 85.2 Å². The van der Waals surface area contributed by atoms with E-state index in [9.17, 15) is 20.0 Å². The first-order chi connectivity index (χ1) is 28.5. The standard InChI is InChI=1S/C47H46ClN5O6/c1-4-16-52-47(57)53-43-26-51-25-36-18-33(14-15-41(36)43)38-11-7-13-40(30(38)3)39-12-6-9-35(29(39)2)28-59-45-21-44(58-27-32-17-31(22-49)23-50-24-32)34(19-42(45)48)8-5-10-37(54)20-46(55)56/h1,6-7,9,11-15,17-19,21,23-24,37,43,51,54H,5,8,10,16,20,25-28H2,2-3H3,(H,55,56)(H2,52,53,57)/t37-,43?/m1/s1. The minimum atomic E-state index is -1.05. The number of carboxylic acid groups (broad SMARTS) is 1. The van der Waals surface area contributed by atoms with Gasteiger partial charge in [-0.2, -0.15) is 5.26 Å². The number of hydrogen-bond acceptors (Lipinski definition) is 8. The molecule has 0 aliphatic carbocycles. The van der Waals surface area contributed by atoms with Crippen molar-refractivity contribution >= 4 is 23.6 Å². The van der Waals surface area contributed by atoms with E-state index in [0.29, 0.717) is 60.0 Å². The summed E-state index contributed by atoms with van der Waals surface area (Å²) in [7, 11) is 0. The summed E-state index contributed by atoms with van der Waals surface area (Å²) < 4.78 is 12.6. The molecule has 0 bridgehead atoms. The molecule has 1 aliphatic rings. The van der Waals surface area contributed by atoms with Gasteiger partial charge in [-0.1, -0.05) is 66.1 Å². The van der Waals surface area contributed by atoms with Crippen LogP contribution in [0.3, 0.4) is 0 Å². The number of ether oxygens (including phenoxy) is 2. The van der Waals surface area contributed by atoms with E-state index in [1.807, 2.05) is 12.1 Å². The van der Waals surface area contributed by atoms with Crippen molar-refractivity contribution in [1.82, 2.24) is 20.9 Å². The van der Waals surface area contributed by atoms with Gasteiger partial charge in [0.05, 0.1) is 35.7 Å². The average molecular weight is 812 g/mol. The molecule has 4 aromatic carbocycles. The molecular formula is C47H46ClN5O6. The fraction of sp³-hybridized carbons (Fsp3) is 0.277. The fourth-order valence-electron chi connectivity index (χ4n) is 7.36. The van der Waals surface area contributed by atoms with Crippen LogP contribution in [0.25, 0.3) is 22.3 Å². The number of benzene rings is 4. The van der Waals surface area contributed by atoms with Gasteiger partial charge in [0.1, 0.15) is 30.8 Å². The smallest absolute Gasteiger partial charge is 0.316 e. The molecule has 302 valence electrons. The summed E-state index contributed by atoms with van der Waals surface area (Å²) in [6, 6.07) is 25.7. The van der Waals surface area contributed by atoms with Crippen molar-refractivity contribution in [3.63, 3.8) is 0 Å². The van der Waals surface area contributed by atoms with Gasteiger partial charge in [0, 0.05) is 37.1 Å². The number of aliphatic hydroxyl groups excluding tert-OH is 1. The summed E-state index contributed by atoms with van der Waals surface area (Å²) in [6.45, 7) is 6.07. The Kier molecular flexibility index (Phi) is 14.2. The number of aliphatic carboxylic acids is 1. The Morgan fingerprint density at radius 2 is 1.75 bits per heavy atom. The lowest BCUT2D eigenvalue weighted by Crippen LogP contribution is -2.44. The van der Waals surface area contributed by atoms with E-state index in [2.05, 4.69) is 89.2 Å². The maximum atomic E-state index is 12.4. The lowest BCUT2D eigenvalue weighted by molar-refractivity contribution is -0.139. The third kappa shape index (κ3) is 10.8. The van der Waals surface area contributed by atoms with Crippen LogP contribution in [-0.2, 0) is 31.0 Å². The van der Waals surface area contributed by atoms with Crippen LogP contribution < -0.4 is 25.4 Å². The molecule has 2 heterocycles. The number of aryl methyl sites for hydroxylation is 1. The Morgan fingerprint density at radius 1 is 0.983 bits per heavy atom. The number of fused-ring (bicyclic) bond motifs is 1. The van der Waals surface area contributed by atoms with Crippen molar-refractivity contribution < 1.29 is 29.3 Å². The third-order valence-corrected chi connectivity index (χ3v) is 10.7. The molecule has 0 saturated heterocycles. The Labute approximate surface area is 349 Å². The summed E-state index contributed by atoms with van der Waals surface area (Å²) in [4.78, 5) is 27.5. The molecule has 0 fully saturated rings. The summed E-state index contributed by atoms with van der Waals surface area (Å²) in [6.07, 6.45) is 8.42. The van der Waals surface area contributed by atoms with E-state index in [-0.39, 0.29) is 38.3 Å². The second kappa shape index (κ2) is 19.9. The van der Waals surface area contributed by atoms with Gasteiger partial charge < -0.3 is 35.6 Å². The van der Waals surface area contributed by atoms with Crippen LogP contribution in [0, 0.1) is 37.5 Å². The van der Waals surface area contributed by atoms with Crippen LogP contribution >= 0.6 is 11.6 Å². The molecule has 6 rings (SSSR count). The van der Waals surface area contributed by atoms with E-state index >= 15 is 0 Å². The highest BCUT2D eigenvalue weighted by molar-refractivity contribution is 6.32. The number of carboxylic acids is 1. The number of hydrogen-bond donors (Lipinski definition) is 5. The van der Waals surface area contributed by atoms with Crippen molar-refractivity contribution in [2.45, 2.75) is 71.4 Å². The van der Waals surface area contributed by atoms with Gasteiger partial charge in [-0.3, -0.25) is 9.78 Å². The van der Waals surface area contributed by atoms with Crippen LogP contribution in [0.2, 0.25) is 5.02 Å². The third-order valence-electron chi connectivity index (χ3n) is 10.4. The molecule has 5 N–H and O–H groups in total. The van der Waals surface area contributed by atoms with Gasteiger partial charge in [0.25, 0.3) is 0 Å². The maximum absolute atomic E-state index is 12.4. The van der Waals surface area contributed by atoms with Crippen molar-refractivity contribution in [2.24, 2.45) is 0 Å². The minimum absolute atomic E-state index is 0.143.